The lowest BCUT2D eigenvalue weighted by molar-refractivity contribution is -0.117. The number of thiol groups is 2. The number of carbonyl (C=O) groups excluding carboxylic acids is 2. The number of hydrogen-bond acceptors (Lipinski definition) is 18. The Labute approximate surface area is 371 Å². The molecule has 0 saturated heterocycles. The Morgan fingerprint density at radius 1 is 0.569 bits per heavy atom. The SMILES string of the molecule is CC(=O)Cc1nc2cc(C)c(S)cc2s1.CC(=O)Cc1nc2cc(C)c(SC#N)cc2s1.Cc1cc2nc(N)sc2cc1S.Cc1cc2nc(N)sc2cc1SC#N. The van der Waals surface area contributed by atoms with E-state index in [1.807, 2.05) is 76.2 Å². The first-order valence-electron chi connectivity index (χ1n) is 17.2. The van der Waals surface area contributed by atoms with E-state index >= 15 is 0 Å². The number of hydrogen-bond donors (Lipinski definition) is 4. The van der Waals surface area contributed by atoms with Crippen molar-refractivity contribution in [3.05, 3.63) is 80.8 Å². The van der Waals surface area contributed by atoms with Crippen LogP contribution < -0.4 is 11.5 Å². The third-order valence-electron chi connectivity index (χ3n) is 8.02. The number of nitrogens with zero attached hydrogens (tertiary/aromatic N) is 6. The zero-order chi connectivity index (χ0) is 42.3. The number of Topliss-reactive ketones (excluding diaryl/α,β-unsaturated/α-hetero) is 2. The Morgan fingerprint density at radius 2 is 0.897 bits per heavy atom. The molecule has 18 heteroatoms. The van der Waals surface area contributed by atoms with Crippen LogP contribution >= 0.6 is 94.1 Å². The van der Waals surface area contributed by atoms with Gasteiger partial charge in [0, 0.05) is 19.6 Å². The lowest BCUT2D eigenvalue weighted by Crippen LogP contribution is -1.94. The van der Waals surface area contributed by atoms with Gasteiger partial charge in [0.2, 0.25) is 0 Å². The van der Waals surface area contributed by atoms with Crippen molar-refractivity contribution in [1.82, 2.24) is 19.9 Å². The Balaban J connectivity index is 0.000000148. The number of benzene rings is 4. The van der Waals surface area contributed by atoms with Gasteiger partial charge >= 0.3 is 0 Å². The quantitative estimate of drug-likeness (QED) is 0.0704. The summed E-state index contributed by atoms with van der Waals surface area (Å²) in [5.41, 5.74) is 19.3. The van der Waals surface area contributed by atoms with Gasteiger partial charge in [-0.15, -0.1) is 47.9 Å². The number of thioether (sulfide) groups is 2. The van der Waals surface area contributed by atoms with E-state index in [9.17, 15) is 9.59 Å². The molecule has 58 heavy (non-hydrogen) atoms. The molecule has 0 aliphatic carbocycles. The van der Waals surface area contributed by atoms with Crippen LogP contribution in [0, 0.1) is 49.0 Å². The molecular formula is C40H36N8O2S8. The van der Waals surface area contributed by atoms with Crippen LogP contribution in [0.15, 0.2) is 68.1 Å². The van der Waals surface area contributed by atoms with Crippen LogP contribution in [0.5, 0.6) is 0 Å². The molecule has 10 nitrogen and oxygen atoms in total. The van der Waals surface area contributed by atoms with Gasteiger partial charge in [0.25, 0.3) is 0 Å². The summed E-state index contributed by atoms with van der Waals surface area (Å²) in [5, 5.41) is 24.3. The molecule has 4 aromatic heterocycles. The van der Waals surface area contributed by atoms with Crippen molar-refractivity contribution < 1.29 is 9.59 Å². The number of anilines is 2. The maximum absolute atomic E-state index is 11.0. The lowest BCUT2D eigenvalue weighted by Gasteiger charge is -1.98. The molecule has 0 aliphatic rings. The zero-order valence-corrected chi connectivity index (χ0v) is 38.7. The second-order valence-corrected chi connectivity index (χ2v) is 19.8. The van der Waals surface area contributed by atoms with Crippen molar-refractivity contribution in [3.8, 4) is 10.8 Å². The summed E-state index contributed by atoms with van der Waals surface area (Å²) in [4.78, 5) is 43.1. The highest BCUT2D eigenvalue weighted by atomic mass is 32.2. The van der Waals surface area contributed by atoms with Gasteiger partial charge in [-0.2, -0.15) is 10.5 Å². The highest BCUT2D eigenvalue weighted by molar-refractivity contribution is 8.04. The van der Waals surface area contributed by atoms with Crippen LogP contribution in [0.2, 0.25) is 0 Å². The van der Waals surface area contributed by atoms with E-state index in [1.165, 1.54) is 45.8 Å². The lowest BCUT2D eigenvalue weighted by atomic mass is 10.2. The predicted molar refractivity (Wildman–Crippen MR) is 252 cm³/mol. The standard InChI is InChI=1S/C12H10N2OS2.C11H11NOS2.C9H7N3S2.C8H8N2S2/c1-7-3-9-11(5-10(7)16-6-13)17-12(14-9)4-8(2)15;1-6-3-8-10(5-9(6)14)15-11(12-8)4-7(2)13;1-5-2-6-8(14-9(11)12-6)3-7(5)13-4-10;1-4-2-5-7(3-6(4)11)12-8(9)10-5/h3,5H,4H2,1-2H3;3,5,14H,4H2,1-2H3;2-3H,1H3,(H2,11,12);2-3,11H,1H3,(H2,9,10). The van der Waals surface area contributed by atoms with Crippen molar-refractivity contribution in [2.24, 2.45) is 0 Å². The number of thiocyanates is 2. The van der Waals surface area contributed by atoms with Gasteiger partial charge in [-0.3, -0.25) is 9.59 Å². The maximum Gasteiger partial charge on any atom is 0.181 e. The van der Waals surface area contributed by atoms with E-state index in [0.29, 0.717) is 23.1 Å². The number of aromatic nitrogens is 4. The molecular weight excluding hydrogens is 881 g/mol. The van der Waals surface area contributed by atoms with E-state index < -0.39 is 0 Å². The van der Waals surface area contributed by atoms with Crippen molar-refractivity contribution in [2.75, 3.05) is 11.5 Å². The first-order chi connectivity index (χ1) is 27.5. The number of nitrogen functional groups attached to an aromatic ring is 2. The molecule has 0 amide bonds. The number of thiazole rings is 4. The number of ketones is 2. The molecule has 8 aromatic rings. The fourth-order valence-corrected chi connectivity index (χ4v) is 10.6. The van der Waals surface area contributed by atoms with Crippen LogP contribution in [0.1, 0.15) is 46.1 Å². The predicted octanol–water partition coefficient (Wildman–Crippen LogP) is 11.6. The topological polar surface area (TPSA) is 185 Å². The van der Waals surface area contributed by atoms with Crippen LogP contribution in [-0.4, -0.2) is 31.5 Å². The fourth-order valence-electron chi connectivity index (χ4n) is 5.28. The third-order valence-corrected chi connectivity index (χ3v) is 14.2. The minimum atomic E-state index is 0.118. The zero-order valence-electron chi connectivity index (χ0n) is 32.0. The maximum atomic E-state index is 11.0. The minimum Gasteiger partial charge on any atom is -0.375 e. The third kappa shape index (κ3) is 11.9. The highest BCUT2D eigenvalue weighted by Crippen LogP contribution is 2.33. The summed E-state index contributed by atoms with van der Waals surface area (Å²) >= 11 is 17.0. The van der Waals surface area contributed by atoms with Crippen molar-refractivity contribution in [1.29, 1.82) is 10.5 Å². The number of fused-ring (bicyclic) bond motifs is 4. The van der Waals surface area contributed by atoms with Crippen molar-refractivity contribution in [3.63, 3.8) is 0 Å². The monoisotopic (exact) mass is 916 g/mol. The Kier molecular flexibility index (Phi) is 15.6. The Morgan fingerprint density at radius 3 is 1.28 bits per heavy atom. The van der Waals surface area contributed by atoms with E-state index in [0.717, 1.165) is 104 Å². The average molecular weight is 917 g/mol. The molecule has 0 radical (unpaired) electrons. The van der Waals surface area contributed by atoms with E-state index in [-0.39, 0.29) is 11.6 Å². The Bertz CT molecular complexity index is 2820. The van der Waals surface area contributed by atoms with E-state index in [1.54, 1.807) is 25.2 Å². The number of rotatable bonds is 6. The smallest absolute Gasteiger partial charge is 0.181 e. The number of carbonyl (C=O) groups is 2. The first kappa shape index (κ1) is 44.9. The van der Waals surface area contributed by atoms with Gasteiger partial charge < -0.3 is 11.5 Å². The molecule has 0 saturated carbocycles. The molecule has 4 aromatic carbocycles. The number of nitriles is 2. The average Bonchev–Trinajstić information content (AvgIpc) is 3.90. The van der Waals surface area contributed by atoms with E-state index in [2.05, 4.69) is 56.0 Å². The molecule has 0 spiro atoms. The molecule has 0 aliphatic heterocycles. The molecule has 296 valence electrons. The molecule has 0 fully saturated rings. The molecule has 4 N–H and O–H groups in total. The first-order valence-corrected chi connectivity index (χ1v) is 22.9. The van der Waals surface area contributed by atoms with Gasteiger partial charge in [0.05, 0.1) is 53.7 Å². The molecule has 8 rings (SSSR count). The molecule has 0 atom stereocenters. The van der Waals surface area contributed by atoms with Crippen LogP contribution in [0.4, 0.5) is 10.3 Å². The summed E-state index contributed by atoms with van der Waals surface area (Å²) in [7, 11) is 0. The summed E-state index contributed by atoms with van der Waals surface area (Å²) < 4.78 is 4.26. The Hall–Kier alpha value is -4.24. The summed E-state index contributed by atoms with van der Waals surface area (Å²) in [5.74, 6) is 0.268. The molecule has 0 unspecified atom stereocenters. The molecule has 0 bridgehead atoms. The fraction of sp³-hybridized carbons (Fsp3) is 0.200. The van der Waals surface area contributed by atoms with Gasteiger partial charge in [0.15, 0.2) is 10.3 Å². The van der Waals surface area contributed by atoms with Crippen molar-refractivity contribution >= 4 is 157 Å². The minimum absolute atomic E-state index is 0.118. The van der Waals surface area contributed by atoms with Gasteiger partial charge in [-0.1, -0.05) is 22.7 Å². The summed E-state index contributed by atoms with van der Waals surface area (Å²) in [6.45, 7) is 11.1. The second-order valence-electron chi connectivity index (χ2n) is 12.8. The van der Waals surface area contributed by atoms with Crippen molar-refractivity contribution in [2.45, 2.75) is 74.0 Å². The summed E-state index contributed by atoms with van der Waals surface area (Å²) in [6.07, 6.45) is 0.819. The van der Waals surface area contributed by atoms with Gasteiger partial charge in [0.1, 0.15) is 32.4 Å². The van der Waals surface area contributed by atoms with Crippen LogP contribution in [0.25, 0.3) is 40.9 Å². The van der Waals surface area contributed by atoms with E-state index in [4.69, 9.17) is 22.0 Å². The normalized spacial score (nSPS) is 10.6. The molecule has 4 heterocycles. The summed E-state index contributed by atoms with van der Waals surface area (Å²) in [6, 6.07) is 15.9. The van der Waals surface area contributed by atoms with Gasteiger partial charge in [-0.25, -0.2) is 19.9 Å². The van der Waals surface area contributed by atoms with Crippen LogP contribution in [0.3, 0.4) is 0 Å². The largest absolute Gasteiger partial charge is 0.375 e. The highest BCUT2D eigenvalue weighted by Gasteiger charge is 2.11. The van der Waals surface area contributed by atoms with Crippen LogP contribution in [-0.2, 0) is 22.4 Å². The number of aryl methyl sites for hydroxylation is 4. The second kappa shape index (κ2) is 20.1. The number of nitrogens with two attached hydrogens (primary N) is 2. The van der Waals surface area contributed by atoms with Gasteiger partial charge in [-0.05, 0) is 136 Å².